The molecule has 3 heteroatoms. The molecular formula is C12H22N2O. The second-order valence-corrected chi connectivity index (χ2v) is 4.93. The average molecular weight is 210 g/mol. The summed E-state index contributed by atoms with van der Waals surface area (Å²) in [7, 11) is 0. The Labute approximate surface area is 92.1 Å². The Morgan fingerprint density at radius 2 is 2.13 bits per heavy atom. The van der Waals surface area contributed by atoms with Crippen LogP contribution < -0.4 is 11.1 Å². The predicted octanol–water partition coefficient (Wildman–Crippen LogP) is 1.44. The Bertz CT molecular complexity index is 248. The molecule has 0 aromatic heterocycles. The summed E-state index contributed by atoms with van der Waals surface area (Å²) in [6.45, 7) is 6.37. The van der Waals surface area contributed by atoms with Gasteiger partial charge in [0.2, 0.25) is 5.91 Å². The van der Waals surface area contributed by atoms with Crippen LogP contribution in [0.4, 0.5) is 0 Å². The molecule has 0 heterocycles. The highest BCUT2D eigenvalue weighted by molar-refractivity contribution is 5.81. The van der Waals surface area contributed by atoms with Crippen molar-refractivity contribution in [3.63, 3.8) is 0 Å². The maximum Gasteiger partial charge on any atom is 0.227 e. The van der Waals surface area contributed by atoms with Gasteiger partial charge in [0, 0.05) is 12.1 Å². The number of nitrogens with two attached hydrogens (primary N) is 1. The Kier molecular flexibility index (Phi) is 4.33. The van der Waals surface area contributed by atoms with E-state index in [2.05, 4.69) is 26.1 Å². The zero-order chi connectivity index (χ0) is 11.4. The third-order valence-corrected chi connectivity index (χ3v) is 2.67. The standard InChI is InChI=1S/C12H22N2O/c1-8(2)6-9(3)14-12(15)10-4-5-11(13)7-10/h4-5,8-11H,6-7,13H2,1-3H3,(H,14,15). The summed E-state index contributed by atoms with van der Waals surface area (Å²) >= 11 is 0. The van der Waals surface area contributed by atoms with E-state index in [9.17, 15) is 4.79 Å². The SMILES string of the molecule is CC(C)CC(C)NC(=O)C1C=CC(N)C1. The van der Waals surface area contributed by atoms with E-state index in [-0.39, 0.29) is 23.9 Å². The minimum absolute atomic E-state index is 0.0189. The molecule has 0 aliphatic heterocycles. The predicted molar refractivity (Wildman–Crippen MR) is 62.3 cm³/mol. The third-order valence-electron chi connectivity index (χ3n) is 2.67. The summed E-state index contributed by atoms with van der Waals surface area (Å²) in [4.78, 5) is 11.8. The molecule has 0 aromatic carbocycles. The van der Waals surface area contributed by atoms with Gasteiger partial charge in [0.25, 0.3) is 0 Å². The fourth-order valence-corrected chi connectivity index (χ4v) is 2.04. The third kappa shape index (κ3) is 4.04. The highest BCUT2D eigenvalue weighted by atomic mass is 16.1. The molecule has 0 bridgehead atoms. The van der Waals surface area contributed by atoms with Crippen LogP contribution in [0.15, 0.2) is 12.2 Å². The van der Waals surface area contributed by atoms with Crippen molar-refractivity contribution < 1.29 is 4.79 Å². The van der Waals surface area contributed by atoms with Crippen molar-refractivity contribution >= 4 is 5.91 Å². The van der Waals surface area contributed by atoms with Crippen molar-refractivity contribution in [2.24, 2.45) is 17.6 Å². The van der Waals surface area contributed by atoms with Gasteiger partial charge in [0.15, 0.2) is 0 Å². The van der Waals surface area contributed by atoms with Gasteiger partial charge in [0.05, 0.1) is 5.92 Å². The van der Waals surface area contributed by atoms with Gasteiger partial charge in [-0.05, 0) is 25.7 Å². The molecule has 0 radical (unpaired) electrons. The molecule has 15 heavy (non-hydrogen) atoms. The fraction of sp³-hybridized carbons (Fsp3) is 0.750. The van der Waals surface area contributed by atoms with E-state index in [4.69, 9.17) is 5.73 Å². The largest absolute Gasteiger partial charge is 0.353 e. The Morgan fingerprint density at radius 1 is 1.47 bits per heavy atom. The maximum absolute atomic E-state index is 11.8. The molecule has 3 atom stereocenters. The molecule has 3 unspecified atom stereocenters. The quantitative estimate of drug-likeness (QED) is 0.690. The first-order chi connectivity index (χ1) is 6.99. The smallest absolute Gasteiger partial charge is 0.227 e. The number of rotatable bonds is 4. The number of nitrogens with one attached hydrogen (secondary N) is 1. The summed E-state index contributed by atoms with van der Waals surface area (Å²) in [5.74, 6) is 0.712. The molecule has 1 rings (SSSR count). The first kappa shape index (κ1) is 12.2. The van der Waals surface area contributed by atoms with Crippen molar-refractivity contribution in [1.82, 2.24) is 5.32 Å². The highest BCUT2D eigenvalue weighted by Crippen LogP contribution is 2.17. The van der Waals surface area contributed by atoms with Crippen LogP contribution in [0.2, 0.25) is 0 Å². The second kappa shape index (κ2) is 5.31. The summed E-state index contributed by atoms with van der Waals surface area (Å²) in [6, 6.07) is 0.309. The number of hydrogen-bond acceptors (Lipinski definition) is 2. The molecule has 0 aromatic rings. The molecule has 1 aliphatic rings. The molecule has 0 spiro atoms. The highest BCUT2D eigenvalue weighted by Gasteiger charge is 2.23. The van der Waals surface area contributed by atoms with Crippen molar-refractivity contribution in [2.75, 3.05) is 0 Å². The maximum atomic E-state index is 11.8. The van der Waals surface area contributed by atoms with E-state index in [1.807, 2.05) is 12.2 Å². The van der Waals surface area contributed by atoms with Gasteiger partial charge in [-0.15, -0.1) is 0 Å². The molecule has 3 nitrogen and oxygen atoms in total. The lowest BCUT2D eigenvalue weighted by Gasteiger charge is -2.18. The van der Waals surface area contributed by atoms with Crippen LogP contribution in [0.3, 0.4) is 0 Å². The van der Waals surface area contributed by atoms with Gasteiger partial charge in [-0.1, -0.05) is 26.0 Å². The van der Waals surface area contributed by atoms with Crippen LogP contribution in [0.5, 0.6) is 0 Å². The molecule has 86 valence electrons. The molecule has 1 aliphatic carbocycles. The lowest BCUT2D eigenvalue weighted by molar-refractivity contribution is -0.124. The van der Waals surface area contributed by atoms with Crippen LogP contribution in [0.25, 0.3) is 0 Å². The van der Waals surface area contributed by atoms with Crippen LogP contribution in [0, 0.1) is 11.8 Å². The van der Waals surface area contributed by atoms with Gasteiger partial charge in [-0.3, -0.25) is 4.79 Å². The van der Waals surface area contributed by atoms with Crippen molar-refractivity contribution in [1.29, 1.82) is 0 Å². The van der Waals surface area contributed by atoms with E-state index in [0.717, 1.165) is 12.8 Å². The first-order valence-corrected chi connectivity index (χ1v) is 5.73. The van der Waals surface area contributed by atoms with E-state index < -0.39 is 0 Å². The van der Waals surface area contributed by atoms with Gasteiger partial charge in [-0.2, -0.15) is 0 Å². The minimum Gasteiger partial charge on any atom is -0.353 e. The van der Waals surface area contributed by atoms with Gasteiger partial charge in [-0.25, -0.2) is 0 Å². The van der Waals surface area contributed by atoms with Gasteiger partial charge < -0.3 is 11.1 Å². The molecule has 0 saturated heterocycles. The molecule has 3 N–H and O–H groups in total. The van der Waals surface area contributed by atoms with E-state index in [1.165, 1.54) is 0 Å². The van der Waals surface area contributed by atoms with Crippen LogP contribution in [-0.2, 0) is 4.79 Å². The lowest BCUT2D eigenvalue weighted by atomic mass is 10.0. The number of hydrogen-bond donors (Lipinski definition) is 2. The molecular weight excluding hydrogens is 188 g/mol. The van der Waals surface area contributed by atoms with Crippen molar-refractivity contribution in [2.45, 2.75) is 45.7 Å². The normalized spacial score (nSPS) is 27.0. The summed E-state index contributed by atoms with van der Waals surface area (Å²) in [6.07, 6.45) is 5.61. The first-order valence-electron chi connectivity index (χ1n) is 5.73. The van der Waals surface area contributed by atoms with E-state index in [1.54, 1.807) is 0 Å². The van der Waals surface area contributed by atoms with Gasteiger partial charge >= 0.3 is 0 Å². The Hall–Kier alpha value is -0.830. The van der Waals surface area contributed by atoms with Crippen LogP contribution in [0.1, 0.15) is 33.6 Å². The number of carbonyl (C=O) groups is 1. The molecule has 0 saturated carbocycles. The Morgan fingerprint density at radius 3 is 2.60 bits per heavy atom. The van der Waals surface area contributed by atoms with Crippen molar-refractivity contribution in [3.05, 3.63) is 12.2 Å². The monoisotopic (exact) mass is 210 g/mol. The fourth-order valence-electron chi connectivity index (χ4n) is 2.04. The minimum atomic E-state index is -0.0189. The summed E-state index contributed by atoms with van der Waals surface area (Å²) < 4.78 is 0. The summed E-state index contributed by atoms with van der Waals surface area (Å²) in [5.41, 5.74) is 5.71. The van der Waals surface area contributed by atoms with Crippen molar-refractivity contribution in [3.8, 4) is 0 Å². The average Bonchev–Trinajstić information content (AvgIpc) is 2.49. The number of carbonyl (C=O) groups excluding carboxylic acids is 1. The Balaban J connectivity index is 2.33. The molecule has 1 amide bonds. The van der Waals surface area contributed by atoms with Crippen LogP contribution >= 0.6 is 0 Å². The second-order valence-electron chi connectivity index (χ2n) is 4.93. The molecule has 0 fully saturated rings. The van der Waals surface area contributed by atoms with Crippen LogP contribution in [-0.4, -0.2) is 18.0 Å². The number of amides is 1. The summed E-state index contributed by atoms with van der Waals surface area (Å²) in [5, 5.41) is 3.03. The van der Waals surface area contributed by atoms with Gasteiger partial charge in [0.1, 0.15) is 0 Å². The lowest BCUT2D eigenvalue weighted by Crippen LogP contribution is -2.37. The van der Waals surface area contributed by atoms with E-state index in [0.29, 0.717) is 5.92 Å². The zero-order valence-corrected chi connectivity index (χ0v) is 9.86. The van der Waals surface area contributed by atoms with E-state index >= 15 is 0 Å². The zero-order valence-electron chi connectivity index (χ0n) is 9.86. The topological polar surface area (TPSA) is 55.1 Å².